The number of rotatable bonds is 19. The van der Waals surface area contributed by atoms with Crippen LogP contribution in [0, 0.1) is 0 Å². The maximum absolute atomic E-state index is 7.22. The molecule has 0 amide bonds. The molecule has 0 aliphatic heterocycles. The van der Waals surface area contributed by atoms with E-state index in [0.29, 0.717) is 0 Å². The van der Waals surface area contributed by atoms with E-state index in [1.807, 2.05) is 0 Å². The van der Waals surface area contributed by atoms with Crippen LogP contribution in [0.1, 0.15) is 112 Å². The van der Waals surface area contributed by atoms with E-state index in [9.17, 15) is 0 Å². The number of unbranched alkanes of at least 4 members (excludes halogenated alkanes) is 2. The van der Waals surface area contributed by atoms with Crippen LogP contribution in [0.15, 0.2) is 0 Å². The quantitative estimate of drug-likeness (QED) is 0.166. The Labute approximate surface area is 176 Å². The first-order valence-corrected chi connectivity index (χ1v) is 20.3. The molecule has 0 aromatic carbocycles. The Hall–Kier alpha value is 1.05. The van der Waals surface area contributed by atoms with E-state index in [1.54, 1.807) is 15.8 Å². The Balaban J connectivity index is 5.20. The molecule has 0 bridgehead atoms. The second kappa shape index (κ2) is 18.1. The first kappa shape index (κ1) is 27.0. The molecule has 156 valence electrons. The molecule has 0 fully saturated rings. The molecule has 0 aliphatic rings. The fraction of sp³-hybridized carbons (Fsp3) is 1.00. The van der Waals surface area contributed by atoms with Gasteiger partial charge >= 0.3 is 177 Å². The van der Waals surface area contributed by atoms with Crippen LogP contribution in [-0.2, 0) is 3.76 Å². The molecule has 2 radical (unpaired) electrons. The molecule has 3 heteroatoms. The molecule has 0 saturated carbocycles. The van der Waals surface area contributed by atoms with E-state index in [-0.39, 0.29) is 5.60 Å². The molecule has 0 heterocycles. The fourth-order valence-electron chi connectivity index (χ4n) is 4.10. The third-order valence-electron chi connectivity index (χ3n) is 5.53. The van der Waals surface area contributed by atoms with Gasteiger partial charge in [0.25, 0.3) is 0 Å². The minimum absolute atomic E-state index is 0.269. The Morgan fingerprint density at radius 1 is 0.538 bits per heavy atom. The Morgan fingerprint density at radius 2 is 1.00 bits per heavy atom. The van der Waals surface area contributed by atoms with Crippen molar-refractivity contribution < 1.29 is 3.76 Å². The summed E-state index contributed by atoms with van der Waals surface area (Å²) < 4.78 is 7.22. The average molecular weight is 488 g/mol. The van der Waals surface area contributed by atoms with E-state index in [1.165, 1.54) is 81.1 Å². The zero-order valence-electron chi connectivity index (χ0n) is 19.2. The van der Waals surface area contributed by atoms with Crippen molar-refractivity contribution in [3.63, 3.8) is 0 Å². The predicted molar refractivity (Wildman–Crippen MR) is 124 cm³/mol. The molecule has 26 heavy (non-hydrogen) atoms. The summed E-state index contributed by atoms with van der Waals surface area (Å²) >= 11 is -2.16. The molecular formula is C23H50Ge2O. The Morgan fingerprint density at radius 3 is 1.38 bits per heavy atom. The van der Waals surface area contributed by atoms with Gasteiger partial charge in [0.1, 0.15) is 0 Å². The predicted octanol–water partition coefficient (Wildman–Crippen LogP) is 8.64. The van der Waals surface area contributed by atoms with Gasteiger partial charge in [0.2, 0.25) is 0 Å². The van der Waals surface area contributed by atoms with Crippen molar-refractivity contribution in [3.05, 3.63) is 0 Å². The summed E-state index contributed by atoms with van der Waals surface area (Å²) in [5, 5.41) is 7.57. The van der Waals surface area contributed by atoms with Gasteiger partial charge in [-0.15, -0.1) is 0 Å². The van der Waals surface area contributed by atoms with Crippen molar-refractivity contribution in [3.8, 4) is 0 Å². The zero-order valence-corrected chi connectivity index (χ0v) is 23.4. The van der Waals surface area contributed by atoms with Crippen LogP contribution in [0.3, 0.4) is 0 Å². The van der Waals surface area contributed by atoms with E-state index in [0.717, 1.165) is 0 Å². The second-order valence-electron chi connectivity index (χ2n) is 8.28. The molecular weight excluding hydrogens is 437 g/mol. The molecule has 0 N–H and O–H groups in total. The first-order valence-electron chi connectivity index (χ1n) is 12.0. The molecule has 1 nitrogen and oxygen atoms in total. The van der Waals surface area contributed by atoms with Crippen molar-refractivity contribution in [1.29, 1.82) is 0 Å². The van der Waals surface area contributed by atoms with Gasteiger partial charge in [-0.1, -0.05) is 0 Å². The average Bonchev–Trinajstić information content (AvgIpc) is 2.63. The van der Waals surface area contributed by atoms with Crippen LogP contribution < -0.4 is 0 Å². The maximum atomic E-state index is 7.22. The van der Waals surface area contributed by atoms with Crippen molar-refractivity contribution in [1.82, 2.24) is 0 Å². The normalized spacial score (nSPS) is 12.5. The van der Waals surface area contributed by atoms with Gasteiger partial charge in [-0.25, -0.2) is 0 Å². The Bertz CT molecular complexity index is 276. The molecule has 0 aliphatic carbocycles. The van der Waals surface area contributed by atoms with Gasteiger partial charge in [-0.05, 0) is 0 Å². The van der Waals surface area contributed by atoms with Crippen LogP contribution in [0.25, 0.3) is 0 Å². The molecule has 0 aromatic heterocycles. The molecule has 0 spiro atoms. The van der Waals surface area contributed by atoms with Gasteiger partial charge in [-0.3, -0.25) is 0 Å². The van der Waals surface area contributed by atoms with Crippen LogP contribution in [0.5, 0.6) is 0 Å². The van der Waals surface area contributed by atoms with Crippen molar-refractivity contribution >= 4 is 29.0 Å². The van der Waals surface area contributed by atoms with Crippen LogP contribution in [0.4, 0.5) is 0 Å². The SMILES string of the molecule is CCCCC(CCCC)(C[CH2][Ge]([CH2]CC)[CH2]CC)[O][Ge]([CH2]CC)[CH2]CC. The monoisotopic (exact) mass is 490 g/mol. The van der Waals surface area contributed by atoms with E-state index in [2.05, 4.69) is 41.5 Å². The van der Waals surface area contributed by atoms with E-state index >= 15 is 0 Å². The van der Waals surface area contributed by atoms with E-state index in [4.69, 9.17) is 3.76 Å². The summed E-state index contributed by atoms with van der Waals surface area (Å²) in [6, 6.07) is 0. The topological polar surface area (TPSA) is 9.23 Å². The van der Waals surface area contributed by atoms with Gasteiger partial charge in [0.05, 0.1) is 0 Å². The summed E-state index contributed by atoms with van der Waals surface area (Å²) in [5.41, 5.74) is 0.269. The van der Waals surface area contributed by atoms with E-state index < -0.39 is 29.0 Å². The molecule has 0 unspecified atom stereocenters. The summed E-state index contributed by atoms with van der Waals surface area (Å²) in [6.07, 6.45) is 15.0. The van der Waals surface area contributed by atoms with Crippen molar-refractivity contribution in [2.24, 2.45) is 0 Å². The van der Waals surface area contributed by atoms with Gasteiger partial charge in [-0.2, -0.15) is 0 Å². The second-order valence-corrected chi connectivity index (χ2v) is 19.4. The van der Waals surface area contributed by atoms with Crippen LogP contribution >= 0.6 is 0 Å². The van der Waals surface area contributed by atoms with Crippen molar-refractivity contribution in [2.45, 2.75) is 144 Å². The molecule has 0 aromatic rings. The Kier molecular flexibility index (Phi) is 18.8. The third kappa shape index (κ3) is 12.5. The summed E-state index contributed by atoms with van der Waals surface area (Å²) in [5.74, 6) is 0. The number of hydrogen-bond acceptors (Lipinski definition) is 1. The fourth-order valence-corrected chi connectivity index (χ4v) is 15.6. The minimum atomic E-state index is -1.32. The summed E-state index contributed by atoms with van der Waals surface area (Å²) in [4.78, 5) is 0. The summed E-state index contributed by atoms with van der Waals surface area (Å²) in [7, 11) is 0. The van der Waals surface area contributed by atoms with Gasteiger partial charge in [0.15, 0.2) is 0 Å². The first-order chi connectivity index (χ1) is 12.6. The van der Waals surface area contributed by atoms with Gasteiger partial charge in [0, 0.05) is 0 Å². The molecule has 0 saturated heterocycles. The standard InChI is InChI=1S/C23H50Ge2O/c1-7-13-15-23(16-14-8-2,26-25(20-11-5)21-12-6)17-22-24(18-9-3)19-10-4/h7-22H2,1-6H3. The van der Waals surface area contributed by atoms with Gasteiger partial charge < -0.3 is 0 Å². The summed E-state index contributed by atoms with van der Waals surface area (Å²) in [6.45, 7) is 14.2. The molecule has 0 rings (SSSR count). The zero-order chi connectivity index (χ0) is 19.7. The van der Waals surface area contributed by atoms with Crippen LogP contribution in [-0.4, -0.2) is 34.6 Å². The van der Waals surface area contributed by atoms with Crippen LogP contribution in [0.2, 0.25) is 26.3 Å². The molecule has 0 atom stereocenters. The third-order valence-corrected chi connectivity index (χ3v) is 18.6. The van der Waals surface area contributed by atoms with Crippen molar-refractivity contribution in [2.75, 3.05) is 0 Å². The number of hydrogen-bond donors (Lipinski definition) is 0.